The Bertz CT molecular complexity index is 1210. The molecule has 8 heteroatoms. The molecule has 154 valence electrons. The van der Waals surface area contributed by atoms with E-state index < -0.39 is 17.8 Å². The zero-order chi connectivity index (χ0) is 22.0. The summed E-state index contributed by atoms with van der Waals surface area (Å²) in [6.07, 6.45) is 1.40. The predicted octanol–water partition coefficient (Wildman–Crippen LogP) is 4.78. The lowest BCUT2D eigenvalue weighted by Crippen LogP contribution is -2.35. The van der Waals surface area contributed by atoms with Crippen molar-refractivity contribution >= 4 is 57.1 Å². The Morgan fingerprint density at radius 2 is 1.71 bits per heavy atom. The quantitative estimate of drug-likeness (QED) is 0.244. The number of para-hydroxylation sites is 1. The number of amides is 2. The number of anilines is 1. The molecule has 3 aromatic rings. The van der Waals surface area contributed by atoms with Gasteiger partial charge in [-0.25, -0.2) is 9.80 Å². The fraction of sp³-hybridized carbons (Fsp3) is 0. The van der Waals surface area contributed by atoms with Crippen molar-refractivity contribution in [2.45, 2.75) is 0 Å². The average molecular weight is 498 g/mol. The molecule has 0 aliphatic carbocycles. The van der Waals surface area contributed by atoms with Crippen LogP contribution in [0.15, 0.2) is 82.8 Å². The highest BCUT2D eigenvalue weighted by Crippen LogP contribution is 2.29. The van der Waals surface area contributed by atoms with Crippen LogP contribution in [0, 0.1) is 0 Å². The van der Waals surface area contributed by atoms with Crippen LogP contribution in [-0.2, 0) is 9.59 Å². The maximum absolute atomic E-state index is 12.8. The van der Waals surface area contributed by atoms with Gasteiger partial charge in [-0.15, -0.1) is 0 Å². The maximum Gasteiger partial charge on any atom is 0.343 e. The third-order valence-electron chi connectivity index (χ3n) is 4.46. The molecule has 1 N–H and O–H groups in total. The van der Waals surface area contributed by atoms with E-state index in [1.54, 1.807) is 66.7 Å². The van der Waals surface area contributed by atoms with E-state index in [2.05, 4.69) is 21.4 Å². The molecule has 0 unspecified atom stereocenters. The monoisotopic (exact) mass is 496 g/mol. The Morgan fingerprint density at radius 3 is 2.42 bits per heavy atom. The van der Waals surface area contributed by atoms with Gasteiger partial charge in [-0.1, -0.05) is 45.7 Å². The molecule has 3 aromatic carbocycles. The van der Waals surface area contributed by atoms with Gasteiger partial charge in [0.15, 0.2) is 0 Å². The Kier molecular flexibility index (Phi) is 5.88. The molecular formula is C23H14BrClN2O4. The van der Waals surface area contributed by atoms with Gasteiger partial charge in [0.1, 0.15) is 11.3 Å². The van der Waals surface area contributed by atoms with Crippen LogP contribution >= 0.6 is 27.5 Å². The number of esters is 1. The summed E-state index contributed by atoms with van der Waals surface area (Å²) in [6.45, 7) is 0. The Hall–Kier alpha value is -3.42. The molecule has 6 nitrogen and oxygen atoms in total. The second-order valence-corrected chi connectivity index (χ2v) is 7.91. The highest BCUT2D eigenvalue weighted by atomic mass is 79.9. The maximum atomic E-state index is 12.8. The number of ether oxygens (including phenoxy) is 1. The lowest BCUT2D eigenvalue weighted by Gasteiger charge is -2.14. The molecule has 1 heterocycles. The summed E-state index contributed by atoms with van der Waals surface area (Å²) in [7, 11) is 0. The molecule has 1 aliphatic heterocycles. The number of nitrogens with one attached hydrogen (secondary N) is 1. The van der Waals surface area contributed by atoms with E-state index in [0.717, 1.165) is 0 Å². The van der Waals surface area contributed by atoms with Crippen molar-refractivity contribution in [3.63, 3.8) is 0 Å². The predicted molar refractivity (Wildman–Crippen MR) is 121 cm³/mol. The van der Waals surface area contributed by atoms with Gasteiger partial charge < -0.3 is 4.74 Å². The summed E-state index contributed by atoms with van der Waals surface area (Å²) in [5.41, 5.74) is 3.71. The number of hydrogen-bond acceptors (Lipinski definition) is 4. The lowest BCUT2D eigenvalue weighted by molar-refractivity contribution is -0.117. The van der Waals surface area contributed by atoms with Crippen LogP contribution in [0.2, 0.25) is 5.02 Å². The highest BCUT2D eigenvalue weighted by Gasteiger charge is 2.34. The van der Waals surface area contributed by atoms with Gasteiger partial charge in [-0.05, 0) is 60.7 Å². The first kappa shape index (κ1) is 20.8. The Balaban J connectivity index is 1.65. The first-order chi connectivity index (χ1) is 14.9. The molecule has 0 atom stereocenters. The molecule has 0 spiro atoms. The van der Waals surface area contributed by atoms with Gasteiger partial charge >= 0.3 is 5.97 Å². The van der Waals surface area contributed by atoms with E-state index in [1.165, 1.54) is 11.1 Å². The van der Waals surface area contributed by atoms with Crippen LogP contribution in [0.25, 0.3) is 6.08 Å². The second-order valence-electron chi connectivity index (χ2n) is 6.55. The van der Waals surface area contributed by atoms with Crippen molar-refractivity contribution < 1.29 is 19.1 Å². The first-order valence-electron chi connectivity index (χ1n) is 9.12. The minimum Gasteiger partial charge on any atom is -0.422 e. The van der Waals surface area contributed by atoms with E-state index in [9.17, 15) is 14.4 Å². The molecule has 0 saturated carbocycles. The van der Waals surface area contributed by atoms with E-state index >= 15 is 0 Å². The minimum atomic E-state index is -0.591. The summed E-state index contributed by atoms with van der Waals surface area (Å²) in [6, 6.07) is 20.0. The summed E-state index contributed by atoms with van der Waals surface area (Å²) in [4.78, 5) is 37.8. The Labute approximate surface area is 191 Å². The van der Waals surface area contributed by atoms with Gasteiger partial charge in [0.05, 0.1) is 11.3 Å². The zero-order valence-electron chi connectivity index (χ0n) is 15.8. The van der Waals surface area contributed by atoms with E-state index in [1.807, 2.05) is 6.07 Å². The molecular weight excluding hydrogens is 484 g/mol. The summed E-state index contributed by atoms with van der Waals surface area (Å²) in [5.74, 6) is -1.45. The van der Waals surface area contributed by atoms with Crippen LogP contribution in [0.5, 0.6) is 5.75 Å². The van der Waals surface area contributed by atoms with Gasteiger partial charge in [-0.3, -0.25) is 15.0 Å². The van der Waals surface area contributed by atoms with E-state index in [4.69, 9.17) is 16.3 Å². The molecule has 0 radical (unpaired) electrons. The summed E-state index contributed by atoms with van der Waals surface area (Å²) in [5, 5.41) is 1.67. The number of hydrazine groups is 1. The van der Waals surface area contributed by atoms with Gasteiger partial charge in [-0.2, -0.15) is 0 Å². The topological polar surface area (TPSA) is 75.7 Å². The van der Waals surface area contributed by atoms with Crippen molar-refractivity contribution in [3.05, 3.63) is 99.0 Å². The number of halogens is 2. The average Bonchev–Trinajstić information content (AvgIpc) is 3.05. The van der Waals surface area contributed by atoms with Crippen LogP contribution in [0.4, 0.5) is 5.69 Å². The number of carbonyl (C=O) groups excluding carboxylic acids is 3. The van der Waals surface area contributed by atoms with Crippen LogP contribution in [0.1, 0.15) is 15.9 Å². The van der Waals surface area contributed by atoms with Gasteiger partial charge in [0.2, 0.25) is 0 Å². The minimum absolute atomic E-state index is 0.0780. The zero-order valence-corrected chi connectivity index (χ0v) is 18.2. The first-order valence-corrected chi connectivity index (χ1v) is 10.3. The lowest BCUT2D eigenvalue weighted by atomic mass is 10.1. The standard InChI is InChI=1S/C23H14BrClN2O4/c24-16-8-11-20(31-23(30)14-6-9-17(25)10-7-14)15(12-16)13-19-21(28)26-27(22(19)29)18-4-2-1-3-5-18/h1-13H,(H,26,28)/b19-13+. The number of benzene rings is 3. The molecule has 0 aromatic heterocycles. The molecule has 1 saturated heterocycles. The molecule has 2 amide bonds. The van der Waals surface area contributed by atoms with Crippen LogP contribution in [0.3, 0.4) is 0 Å². The molecule has 4 rings (SSSR count). The SMILES string of the molecule is O=C1NN(c2ccccc2)C(=O)/C1=C/c1cc(Br)ccc1OC(=O)c1ccc(Cl)cc1. The fourth-order valence-electron chi connectivity index (χ4n) is 2.94. The molecule has 1 fully saturated rings. The van der Waals surface area contributed by atoms with Gasteiger partial charge in [0, 0.05) is 15.1 Å². The number of carbonyl (C=O) groups is 3. The largest absolute Gasteiger partial charge is 0.422 e. The van der Waals surface area contributed by atoms with E-state index in [-0.39, 0.29) is 11.3 Å². The van der Waals surface area contributed by atoms with Gasteiger partial charge in [0.25, 0.3) is 11.8 Å². The van der Waals surface area contributed by atoms with E-state index in [0.29, 0.717) is 26.3 Å². The fourth-order valence-corrected chi connectivity index (χ4v) is 3.45. The Morgan fingerprint density at radius 1 is 1.00 bits per heavy atom. The molecule has 31 heavy (non-hydrogen) atoms. The molecule has 0 bridgehead atoms. The van der Waals surface area contributed by atoms with Crippen molar-refractivity contribution in [1.29, 1.82) is 0 Å². The summed E-state index contributed by atoms with van der Waals surface area (Å²) < 4.78 is 6.21. The second kappa shape index (κ2) is 8.75. The van der Waals surface area contributed by atoms with Crippen molar-refractivity contribution in [2.75, 3.05) is 5.01 Å². The third kappa shape index (κ3) is 4.52. The molecule has 1 aliphatic rings. The highest BCUT2D eigenvalue weighted by molar-refractivity contribution is 9.10. The summed E-state index contributed by atoms with van der Waals surface area (Å²) >= 11 is 9.22. The number of hydrogen-bond donors (Lipinski definition) is 1. The normalized spacial score (nSPS) is 14.6. The van der Waals surface area contributed by atoms with Crippen molar-refractivity contribution in [2.24, 2.45) is 0 Å². The third-order valence-corrected chi connectivity index (χ3v) is 5.21. The van der Waals surface area contributed by atoms with Crippen LogP contribution < -0.4 is 15.2 Å². The number of nitrogens with zero attached hydrogens (tertiary/aromatic N) is 1. The van der Waals surface area contributed by atoms with Crippen molar-refractivity contribution in [3.8, 4) is 5.75 Å². The van der Waals surface area contributed by atoms with Crippen molar-refractivity contribution in [1.82, 2.24) is 5.43 Å². The smallest absolute Gasteiger partial charge is 0.343 e. The van der Waals surface area contributed by atoms with Crippen LogP contribution in [-0.4, -0.2) is 17.8 Å². The number of rotatable bonds is 4.